The molecule has 0 atom stereocenters. The fourth-order valence-electron chi connectivity index (χ4n) is 1.84. The van der Waals surface area contributed by atoms with Crippen LogP contribution in [0, 0.1) is 6.92 Å². The summed E-state index contributed by atoms with van der Waals surface area (Å²) in [6, 6.07) is 9.91. The van der Waals surface area contributed by atoms with E-state index in [0.29, 0.717) is 0 Å². The van der Waals surface area contributed by atoms with Gasteiger partial charge in [-0.1, -0.05) is 34.1 Å². The number of nitrogen functional groups attached to an aromatic ring is 2. The van der Waals surface area contributed by atoms with Crippen molar-refractivity contribution in [2.45, 2.75) is 13.3 Å². The third-order valence-corrected chi connectivity index (χ3v) is 4.59. The first-order valence-corrected chi connectivity index (χ1v) is 7.15. The Morgan fingerprint density at radius 2 is 1.78 bits per heavy atom. The number of benzene rings is 2. The Labute approximate surface area is 124 Å². The van der Waals surface area contributed by atoms with Gasteiger partial charge in [-0.25, -0.2) is 0 Å². The van der Waals surface area contributed by atoms with Crippen LogP contribution in [0.15, 0.2) is 39.3 Å². The minimum Gasteiger partial charge on any atom is -0.398 e. The lowest BCUT2D eigenvalue weighted by molar-refractivity contribution is 1.16. The van der Waals surface area contributed by atoms with Crippen molar-refractivity contribution >= 4 is 43.2 Å². The zero-order valence-electron chi connectivity index (χ0n) is 10.0. The van der Waals surface area contributed by atoms with Crippen molar-refractivity contribution in [1.82, 2.24) is 0 Å². The molecule has 4 heteroatoms. The van der Waals surface area contributed by atoms with E-state index < -0.39 is 0 Å². The zero-order valence-corrected chi connectivity index (χ0v) is 13.2. The Morgan fingerprint density at radius 1 is 1.11 bits per heavy atom. The molecule has 0 bridgehead atoms. The standard InChI is InChI=1S/C14H14Br2N2/c1-8-6-11(15)10(13(16)14(8)18)7-9-4-2-3-5-12(9)17/h2-6H,7,17-18H2,1H3. The normalized spacial score (nSPS) is 10.6. The fraction of sp³-hybridized carbons (Fsp3) is 0.143. The Kier molecular flexibility index (Phi) is 3.97. The second-order valence-corrected chi connectivity index (χ2v) is 5.90. The first-order valence-electron chi connectivity index (χ1n) is 5.57. The number of hydrogen-bond acceptors (Lipinski definition) is 2. The van der Waals surface area contributed by atoms with E-state index in [1.54, 1.807) is 0 Å². The maximum atomic E-state index is 6.04. The second-order valence-electron chi connectivity index (χ2n) is 4.26. The van der Waals surface area contributed by atoms with Gasteiger partial charge in [0.15, 0.2) is 0 Å². The van der Waals surface area contributed by atoms with Gasteiger partial charge in [0.25, 0.3) is 0 Å². The summed E-state index contributed by atoms with van der Waals surface area (Å²) in [7, 11) is 0. The molecule has 0 saturated carbocycles. The van der Waals surface area contributed by atoms with Crippen LogP contribution in [0.25, 0.3) is 0 Å². The predicted molar refractivity (Wildman–Crippen MR) is 84.7 cm³/mol. The van der Waals surface area contributed by atoms with Gasteiger partial charge in [0.1, 0.15) is 0 Å². The lowest BCUT2D eigenvalue weighted by atomic mass is 10.0. The maximum absolute atomic E-state index is 6.04. The highest BCUT2D eigenvalue weighted by Gasteiger charge is 2.12. The van der Waals surface area contributed by atoms with Crippen molar-refractivity contribution in [2.24, 2.45) is 0 Å². The molecule has 2 nitrogen and oxygen atoms in total. The van der Waals surface area contributed by atoms with Gasteiger partial charge in [-0.05, 0) is 51.7 Å². The van der Waals surface area contributed by atoms with Crippen molar-refractivity contribution in [3.63, 3.8) is 0 Å². The maximum Gasteiger partial charge on any atom is 0.0491 e. The van der Waals surface area contributed by atoms with E-state index in [2.05, 4.69) is 31.9 Å². The monoisotopic (exact) mass is 368 g/mol. The third kappa shape index (κ3) is 2.54. The number of aryl methyl sites for hydroxylation is 1. The Balaban J connectivity index is 2.47. The topological polar surface area (TPSA) is 52.0 Å². The van der Waals surface area contributed by atoms with Crippen LogP contribution in [0.4, 0.5) is 11.4 Å². The van der Waals surface area contributed by atoms with Gasteiger partial charge in [0.2, 0.25) is 0 Å². The predicted octanol–water partition coefficient (Wildman–Crippen LogP) is 4.28. The van der Waals surface area contributed by atoms with Crippen LogP contribution >= 0.6 is 31.9 Å². The van der Waals surface area contributed by atoms with Crippen LogP contribution in [-0.2, 0) is 6.42 Å². The van der Waals surface area contributed by atoms with Gasteiger partial charge in [-0.2, -0.15) is 0 Å². The molecule has 4 N–H and O–H groups in total. The van der Waals surface area contributed by atoms with E-state index >= 15 is 0 Å². The van der Waals surface area contributed by atoms with Crippen LogP contribution in [0.1, 0.15) is 16.7 Å². The summed E-state index contributed by atoms with van der Waals surface area (Å²) >= 11 is 7.16. The van der Waals surface area contributed by atoms with E-state index in [-0.39, 0.29) is 0 Å². The Hall–Kier alpha value is -1.00. The lowest BCUT2D eigenvalue weighted by Crippen LogP contribution is -2.00. The molecule has 0 saturated heterocycles. The van der Waals surface area contributed by atoms with Gasteiger partial charge >= 0.3 is 0 Å². The molecule has 2 aromatic rings. The third-order valence-electron chi connectivity index (χ3n) is 2.98. The van der Waals surface area contributed by atoms with E-state index in [1.165, 1.54) is 0 Å². The molecule has 0 amide bonds. The van der Waals surface area contributed by atoms with Gasteiger partial charge in [0, 0.05) is 26.7 Å². The summed E-state index contributed by atoms with van der Waals surface area (Å²) in [6.07, 6.45) is 0.748. The van der Waals surface area contributed by atoms with Crippen molar-refractivity contribution in [1.29, 1.82) is 0 Å². The molecule has 0 aliphatic rings. The number of rotatable bonds is 2. The van der Waals surface area contributed by atoms with Crippen molar-refractivity contribution in [3.8, 4) is 0 Å². The average Bonchev–Trinajstić information content (AvgIpc) is 2.34. The lowest BCUT2D eigenvalue weighted by Gasteiger charge is -2.13. The molecule has 0 unspecified atom stereocenters. The first kappa shape index (κ1) is 13.4. The SMILES string of the molecule is Cc1cc(Br)c(Cc2ccccc2N)c(Br)c1N. The number of hydrogen-bond donors (Lipinski definition) is 2. The van der Waals surface area contributed by atoms with Gasteiger partial charge < -0.3 is 11.5 Å². The molecular weight excluding hydrogens is 356 g/mol. The summed E-state index contributed by atoms with van der Waals surface area (Å²) in [6.45, 7) is 1.99. The number of halogens is 2. The molecule has 18 heavy (non-hydrogen) atoms. The van der Waals surface area contributed by atoms with Crippen molar-refractivity contribution in [3.05, 3.63) is 56.0 Å². The Bertz CT molecular complexity index is 595. The summed E-state index contributed by atoms with van der Waals surface area (Å²) in [5.41, 5.74) is 16.9. The largest absolute Gasteiger partial charge is 0.398 e. The molecule has 0 radical (unpaired) electrons. The van der Waals surface area contributed by atoms with Crippen molar-refractivity contribution in [2.75, 3.05) is 11.5 Å². The summed E-state index contributed by atoms with van der Waals surface area (Å²) < 4.78 is 1.99. The molecular formula is C14H14Br2N2. The van der Waals surface area contributed by atoms with Gasteiger partial charge in [-0.15, -0.1) is 0 Å². The molecule has 2 aromatic carbocycles. The minimum atomic E-state index is 0.748. The summed E-state index contributed by atoms with van der Waals surface area (Å²) in [5, 5.41) is 0. The molecule has 0 fully saturated rings. The van der Waals surface area contributed by atoms with E-state index in [1.807, 2.05) is 37.3 Å². The first-order chi connectivity index (χ1) is 8.50. The molecule has 0 spiro atoms. The van der Waals surface area contributed by atoms with E-state index in [9.17, 15) is 0 Å². The van der Waals surface area contributed by atoms with Crippen LogP contribution < -0.4 is 11.5 Å². The fourth-order valence-corrected chi connectivity index (χ4v) is 3.46. The molecule has 2 rings (SSSR count). The van der Waals surface area contributed by atoms with Crippen LogP contribution in [0.3, 0.4) is 0 Å². The highest BCUT2D eigenvalue weighted by Crippen LogP contribution is 2.35. The molecule has 0 aromatic heterocycles. The minimum absolute atomic E-state index is 0.748. The van der Waals surface area contributed by atoms with Crippen LogP contribution in [-0.4, -0.2) is 0 Å². The molecule has 0 aliphatic heterocycles. The second kappa shape index (κ2) is 5.33. The number of para-hydroxylation sites is 1. The number of anilines is 2. The van der Waals surface area contributed by atoms with Crippen LogP contribution in [0.5, 0.6) is 0 Å². The number of nitrogens with two attached hydrogens (primary N) is 2. The smallest absolute Gasteiger partial charge is 0.0491 e. The Morgan fingerprint density at radius 3 is 2.44 bits per heavy atom. The highest BCUT2D eigenvalue weighted by atomic mass is 79.9. The zero-order chi connectivity index (χ0) is 13.3. The molecule has 94 valence electrons. The molecule has 0 heterocycles. The quantitative estimate of drug-likeness (QED) is 0.776. The van der Waals surface area contributed by atoms with Gasteiger partial charge in [0.05, 0.1) is 0 Å². The van der Waals surface area contributed by atoms with E-state index in [4.69, 9.17) is 11.5 Å². The summed E-state index contributed by atoms with van der Waals surface area (Å²) in [4.78, 5) is 0. The highest BCUT2D eigenvalue weighted by molar-refractivity contribution is 9.11. The van der Waals surface area contributed by atoms with Crippen molar-refractivity contribution < 1.29 is 0 Å². The van der Waals surface area contributed by atoms with Crippen LogP contribution in [0.2, 0.25) is 0 Å². The average molecular weight is 370 g/mol. The van der Waals surface area contributed by atoms with Gasteiger partial charge in [-0.3, -0.25) is 0 Å². The molecule has 0 aliphatic carbocycles. The summed E-state index contributed by atoms with van der Waals surface area (Å²) in [5.74, 6) is 0. The van der Waals surface area contributed by atoms with E-state index in [0.717, 1.165) is 43.4 Å².